The minimum Gasteiger partial charge on any atom is -0.364 e. The zero-order chi connectivity index (χ0) is 12.2. The monoisotopic (exact) mass is 234 g/mol. The second kappa shape index (κ2) is 4.80. The van der Waals surface area contributed by atoms with Gasteiger partial charge in [0, 0.05) is 12.4 Å². The predicted molar refractivity (Wildman–Crippen MR) is 75.1 cm³/mol. The highest BCUT2D eigenvalue weighted by Crippen LogP contribution is 2.19. The van der Waals surface area contributed by atoms with Crippen LogP contribution in [0, 0.1) is 0 Å². The van der Waals surface area contributed by atoms with Crippen molar-refractivity contribution in [2.45, 2.75) is 0 Å². The third kappa shape index (κ3) is 2.13. The maximum atomic E-state index is 3.45. The molecule has 1 aliphatic rings. The number of hydrogen-bond donors (Lipinski definition) is 2. The van der Waals surface area contributed by atoms with E-state index in [1.54, 1.807) is 0 Å². The Kier molecular flexibility index (Phi) is 2.84. The van der Waals surface area contributed by atoms with Crippen molar-refractivity contribution in [3.8, 4) is 0 Å². The Balaban J connectivity index is 1.85. The van der Waals surface area contributed by atoms with Crippen molar-refractivity contribution < 1.29 is 0 Å². The van der Waals surface area contributed by atoms with Gasteiger partial charge in [0.25, 0.3) is 0 Å². The molecule has 18 heavy (non-hydrogen) atoms. The molecule has 1 heterocycles. The first-order valence-electron chi connectivity index (χ1n) is 5.98. The van der Waals surface area contributed by atoms with Crippen molar-refractivity contribution in [1.82, 2.24) is 10.6 Å². The highest BCUT2D eigenvalue weighted by molar-refractivity contribution is 5.78. The minimum absolute atomic E-state index is 1.08. The van der Waals surface area contributed by atoms with Crippen LogP contribution in [-0.4, -0.2) is 0 Å². The summed E-state index contributed by atoms with van der Waals surface area (Å²) >= 11 is 0. The zero-order valence-corrected chi connectivity index (χ0v) is 9.93. The molecule has 0 saturated carbocycles. The van der Waals surface area contributed by atoms with Gasteiger partial charge < -0.3 is 10.6 Å². The van der Waals surface area contributed by atoms with E-state index in [0.717, 1.165) is 11.4 Å². The number of benzene rings is 2. The van der Waals surface area contributed by atoms with Gasteiger partial charge in [-0.25, -0.2) is 0 Å². The molecule has 3 rings (SSSR count). The molecular formula is C16H14N2. The Morgan fingerprint density at radius 3 is 1.44 bits per heavy atom. The summed E-state index contributed by atoms with van der Waals surface area (Å²) in [6, 6.07) is 20.6. The number of nitrogens with one attached hydrogen (secondary N) is 2. The van der Waals surface area contributed by atoms with Crippen LogP contribution in [0.1, 0.15) is 11.1 Å². The van der Waals surface area contributed by atoms with E-state index in [0.29, 0.717) is 0 Å². The molecule has 2 heteroatoms. The molecule has 0 unspecified atom stereocenters. The Morgan fingerprint density at radius 2 is 1.00 bits per heavy atom. The second-order valence-electron chi connectivity index (χ2n) is 4.14. The quantitative estimate of drug-likeness (QED) is 0.834. The molecule has 2 N–H and O–H groups in total. The standard InChI is InChI=1S/C16H14N2/c1-3-7-13(8-4-1)15-11-17-12-16(18-15)14-9-5-2-6-10-14/h1-12,17-18H. The van der Waals surface area contributed by atoms with E-state index in [-0.39, 0.29) is 0 Å². The molecule has 0 bridgehead atoms. The molecular weight excluding hydrogens is 220 g/mol. The first-order valence-corrected chi connectivity index (χ1v) is 5.98. The summed E-state index contributed by atoms with van der Waals surface area (Å²) in [4.78, 5) is 0. The van der Waals surface area contributed by atoms with Crippen LogP contribution in [0.25, 0.3) is 11.4 Å². The van der Waals surface area contributed by atoms with E-state index in [4.69, 9.17) is 0 Å². The molecule has 0 radical (unpaired) electrons. The third-order valence-corrected chi connectivity index (χ3v) is 2.89. The SMILES string of the molecule is C1=C(c2ccccc2)NC(c2ccccc2)=CN1. The number of hydrogen-bond acceptors (Lipinski definition) is 2. The van der Waals surface area contributed by atoms with Crippen molar-refractivity contribution >= 4 is 11.4 Å². The normalized spacial score (nSPS) is 14.0. The van der Waals surface area contributed by atoms with Gasteiger partial charge in [-0.15, -0.1) is 0 Å². The van der Waals surface area contributed by atoms with Crippen LogP contribution in [0.2, 0.25) is 0 Å². The van der Waals surface area contributed by atoms with Crippen LogP contribution in [0.4, 0.5) is 0 Å². The topological polar surface area (TPSA) is 24.1 Å². The smallest absolute Gasteiger partial charge is 0.0621 e. The van der Waals surface area contributed by atoms with Gasteiger partial charge in [-0.2, -0.15) is 0 Å². The van der Waals surface area contributed by atoms with E-state index in [1.165, 1.54) is 11.1 Å². The molecule has 0 aromatic heterocycles. The average Bonchev–Trinajstić information content (AvgIpc) is 2.49. The van der Waals surface area contributed by atoms with Gasteiger partial charge in [0.1, 0.15) is 0 Å². The number of rotatable bonds is 2. The van der Waals surface area contributed by atoms with Crippen LogP contribution < -0.4 is 10.6 Å². The molecule has 2 aromatic rings. The van der Waals surface area contributed by atoms with Gasteiger partial charge in [-0.3, -0.25) is 0 Å². The molecule has 0 saturated heterocycles. The summed E-state index contributed by atoms with van der Waals surface area (Å²) in [6.07, 6.45) is 3.95. The summed E-state index contributed by atoms with van der Waals surface area (Å²) in [7, 11) is 0. The van der Waals surface area contributed by atoms with Crippen molar-refractivity contribution in [3.05, 3.63) is 84.2 Å². The van der Waals surface area contributed by atoms with Crippen LogP contribution in [-0.2, 0) is 0 Å². The molecule has 0 spiro atoms. The van der Waals surface area contributed by atoms with Crippen molar-refractivity contribution in [2.24, 2.45) is 0 Å². The largest absolute Gasteiger partial charge is 0.364 e. The Bertz CT molecular complexity index is 530. The summed E-state index contributed by atoms with van der Waals surface area (Å²) in [5, 5.41) is 6.64. The average molecular weight is 234 g/mol. The van der Waals surface area contributed by atoms with Crippen LogP contribution in [0.15, 0.2) is 73.1 Å². The van der Waals surface area contributed by atoms with Crippen molar-refractivity contribution in [3.63, 3.8) is 0 Å². The molecule has 0 amide bonds. The minimum atomic E-state index is 1.08. The Morgan fingerprint density at radius 1 is 0.556 bits per heavy atom. The summed E-state index contributed by atoms with van der Waals surface area (Å²) in [6.45, 7) is 0. The lowest BCUT2D eigenvalue weighted by molar-refractivity contribution is 1.08. The van der Waals surface area contributed by atoms with E-state index >= 15 is 0 Å². The molecule has 2 aromatic carbocycles. The predicted octanol–water partition coefficient (Wildman–Crippen LogP) is 3.18. The highest BCUT2D eigenvalue weighted by Gasteiger charge is 2.08. The summed E-state index contributed by atoms with van der Waals surface area (Å²) in [5.74, 6) is 0. The fourth-order valence-electron chi connectivity index (χ4n) is 1.97. The Labute approximate surface area is 107 Å². The van der Waals surface area contributed by atoms with Gasteiger partial charge in [0.2, 0.25) is 0 Å². The molecule has 0 aliphatic carbocycles. The second-order valence-corrected chi connectivity index (χ2v) is 4.14. The van der Waals surface area contributed by atoms with Crippen LogP contribution >= 0.6 is 0 Å². The maximum absolute atomic E-state index is 3.45. The lowest BCUT2D eigenvalue weighted by Crippen LogP contribution is -2.19. The van der Waals surface area contributed by atoms with Crippen LogP contribution in [0.3, 0.4) is 0 Å². The van der Waals surface area contributed by atoms with E-state index < -0.39 is 0 Å². The van der Waals surface area contributed by atoms with Crippen LogP contribution in [0.5, 0.6) is 0 Å². The van der Waals surface area contributed by atoms with Gasteiger partial charge in [0.05, 0.1) is 11.4 Å². The van der Waals surface area contributed by atoms with E-state index in [9.17, 15) is 0 Å². The molecule has 0 atom stereocenters. The summed E-state index contributed by atoms with van der Waals surface area (Å²) in [5.41, 5.74) is 4.51. The molecule has 88 valence electrons. The first-order chi connectivity index (χ1) is 8.93. The fraction of sp³-hybridized carbons (Fsp3) is 0. The van der Waals surface area contributed by atoms with E-state index in [1.807, 2.05) is 48.8 Å². The maximum Gasteiger partial charge on any atom is 0.0621 e. The lowest BCUT2D eigenvalue weighted by atomic mass is 10.1. The Hall–Kier alpha value is -2.48. The molecule has 0 fully saturated rings. The van der Waals surface area contributed by atoms with Gasteiger partial charge in [-0.1, -0.05) is 60.7 Å². The molecule has 2 nitrogen and oxygen atoms in total. The fourth-order valence-corrected chi connectivity index (χ4v) is 1.97. The third-order valence-electron chi connectivity index (χ3n) is 2.89. The summed E-state index contributed by atoms with van der Waals surface area (Å²) < 4.78 is 0. The van der Waals surface area contributed by atoms with Gasteiger partial charge in [-0.05, 0) is 11.1 Å². The van der Waals surface area contributed by atoms with Crippen molar-refractivity contribution in [2.75, 3.05) is 0 Å². The van der Waals surface area contributed by atoms with Gasteiger partial charge >= 0.3 is 0 Å². The lowest BCUT2D eigenvalue weighted by Gasteiger charge is -2.19. The first kappa shape index (κ1) is 10.7. The van der Waals surface area contributed by atoms with Gasteiger partial charge in [0.15, 0.2) is 0 Å². The van der Waals surface area contributed by atoms with E-state index in [2.05, 4.69) is 34.9 Å². The zero-order valence-electron chi connectivity index (χ0n) is 9.93. The van der Waals surface area contributed by atoms with Crippen molar-refractivity contribution in [1.29, 1.82) is 0 Å². The highest BCUT2D eigenvalue weighted by atomic mass is 15.0. The molecule has 1 aliphatic heterocycles.